The average Bonchev–Trinajstić information content (AvgIpc) is 3.42. The summed E-state index contributed by atoms with van der Waals surface area (Å²) in [6, 6.07) is 20.0. The Morgan fingerprint density at radius 3 is 2.29 bits per heavy atom. The van der Waals surface area contributed by atoms with Gasteiger partial charge in [-0.2, -0.15) is 0 Å². The maximum Gasteiger partial charge on any atom is 0.348 e. The molecule has 4 aromatic rings. The second kappa shape index (κ2) is 10.8. The van der Waals surface area contributed by atoms with Gasteiger partial charge in [-0.3, -0.25) is 0 Å². The number of halogens is 1. The number of thiazole rings is 1. The molecule has 0 atom stereocenters. The molecule has 0 spiro atoms. The molecular weight excluding hydrogens is 514 g/mol. The average molecular weight is 535 g/mol. The van der Waals surface area contributed by atoms with Gasteiger partial charge in [-0.25, -0.2) is 9.78 Å². The number of benzene rings is 2. The number of carbonyl (C=O) groups is 1. The first-order chi connectivity index (χ1) is 14.7. The number of para-hydroxylation sites is 1. The Morgan fingerprint density at radius 2 is 1.65 bits per heavy atom. The summed E-state index contributed by atoms with van der Waals surface area (Å²) in [4.78, 5) is 17.1. The summed E-state index contributed by atoms with van der Waals surface area (Å²) in [7, 11) is 1.39. The maximum absolute atomic E-state index is 11.9. The second-order valence-electron chi connectivity index (χ2n) is 6.24. The van der Waals surface area contributed by atoms with Crippen molar-refractivity contribution < 1.29 is 9.53 Å². The molecule has 0 saturated carbocycles. The number of anilines is 4. The minimum Gasteiger partial charge on any atom is -0.465 e. The molecule has 31 heavy (non-hydrogen) atoms. The van der Waals surface area contributed by atoms with Crippen LogP contribution in [0.15, 0.2) is 70.3 Å². The third-order valence-corrected chi connectivity index (χ3v) is 7.26. The van der Waals surface area contributed by atoms with Crippen molar-refractivity contribution in [3.63, 3.8) is 0 Å². The number of hydrogen-bond acceptors (Lipinski definition) is 8. The molecule has 5 nitrogen and oxygen atoms in total. The van der Waals surface area contributed by atoms with Gasteiger partial charge in [-0.1, -0.05) is 18.2 Å². The molecule has 4 rings (SSSR count). The van der Waals surface area contributed by atoms with E-state index in [4.69, 9.17) is 9.72 Å². The van der Waals surface area contributed by atoms with Crippen molar-refractivity contribution in [3.05, 3.63) is 70.9 Å². The van der Waals surface area contributed by atoms with Crippen LogP contribution >= 0.6 is 51.4 Å². The van der Waals surface area contributed by atoms with Gasteiger partial charge < -0.3 is 15.4 Å². The van der Waals surface area contributed by atoms with Gasteiger partial charge in [0.25, 0.3) is 0 Å². The molecule has 0 radical (unpaired) electrons. The van der Waals surface area contributed by atoms with Crippen LogP contribution in [0.25, 0.3) is 11.3 Å². The van der Waals surface area contributed by atoms with Gasteiger partial charge >= 0.3 is 5.97 Å². The van der Waals surface area contributed by atoms with E-state index >= 15 is 0 Å². The Morgan fingerprint density at radius 1 is 1.00 bits per heavy atom. The van der Waals surface area contributed by atoms with E-state index in [2.05, 4.69) is 10.6 Å². The Kier molecular flexibility index (Phi) is 8.14. The van der Waals surface area contributed by atoms with Gasteiger partial charge in [-0.05, 0) is 48.7 Å². The van der Waals surface area contributed by atoms with Crippen molar-refractivity contribution in [3.8, 4) is 11.3 Å². The zero-order valence-electron chi connectivity index (χ0n) is 16.7. The predicted molar refractivity (Wildman–Crippen MR) is 138 cm³/mol. The minimum absolute atomic E-state index is 0. The van der Waals surface area contributed by atoms with Crippen molar-refractivity contribution in [1.29, 1.82) is 0 Å². The Labute approximate surface area is 203 Å². The van der Waals surface area contributed by atoms with E-state index in [-0.39, 0.29) is 23.0 Å². The lowest BCUT2D eigenvalue weighted by Crippen LogP contribution is -1.96. The van der Waals surface area contributed by atoms with Gasteiger partial charge in [0.15, 0.2) is 5.13 Å². The molecule has 0 fully saturated rings. The standard InChI is InChI=1S/C22H19N3O2S3.BrH/c1-27-20(26)19-12-17(21(28-2)30-19)18-13-29-22(25-18)24-16-10-8-15(9-11-16)23-14-6-4-3-5-7-14;/h3-13,23H,1-2H3,(H,24,25);1H. The van der Waals surface area contributed by atoms with Crippen LogP contribution in [0.5, 0.6) is 0 Å². The number of esters is 1. The number of ether oxygens (including phenoxy) is 1. The van der Waals surface area contributed by atoms with Crippen molar-refractivity contribution in [2.75, 3.05) is 24.0 Å². The summed E-state index contributed by atoms with van der Waals surface area (Å²) in [5, 5.41) is 9.51. The van der Waals surface area contributed by atoms with Gasteiger partial charge in [-0.15, -0.1) is 51.4 Å². The molecule has 0 amide bonds. The zero-order chi connectivity index (χ0) is 20.9. The fourth-order valence-corrected chi connectivity index (χ4v) is 5.34. The van der Waals surface area contributed by atoms with E-state index in [1.165, 1.54) is 29.8 Å². The summed E-state index contributed by atoms with van der Waals surface area (Å²) in [5.41, 5.74) is 4.83. The van der Waals surface area contributed by atoms with Crippen LogP contribution in [-0.4, -0.2) is 24.3 Å². The molecule has 0 aliphatic heterocycles. The molecule has 2 aromatic carbocycles. The second-order valence-corrected chi connectivity index (χ2v) is 9.22. The maximum atomic E-state index is 11.9. The molecule has 0 unspecified atom stereocenters. The monoisotopic (exact) mass is 533 g/mol. The molecule has 2 heterocycles. The molecule has 0 saturated heterocycles. The van der Waals surface area contributed by atoms with E-state index in [1.54, 1.807) is 11.8 Å². The van der Waals surface area contributed by atoms with Crippen LogP contribution in [0.4, 0.5) is 22.2 Å². The van der Waals surface area contributed by atoms with Crippen molar-refractivity contribution in [2.24, 2.45) is 0 Å². The van der Waals surface area contributed by atoms with E-state index in [0.29, 0.717) is 4.88 Å². The lowest BCUT2D eigenvalue weighted by molar-refractivity contribution is 0.0606. The smallest absolute Gasteiger partial charge is 0.348 e. The van der Waals surface area contributed by atoms with E-state index < -0.39 is 0 Å². The lowest BCUT2D eigenvalue weighted by atomic mass is 10.2. The molecule has 0 aliphatic rings. The summed E-state index contributed by atoms with van der Waals surface area (Å²) >= 11 is 4.56. The third kappa shape index (κ3) is 5.68. The summed E-state index contributed by atoms with van der Waals surface area (Å²) in [6.07, 6.45) is 1.99. The lowest BCUT2D eigenvalue weighted by Gasteiger charge is -2.08. The van der Waals surface area contributed by atoms with Crippen molar-refractivity contribution in [1.82, 2.24) is 4.98 Å². The number of rotatable bonds is 7. The number of thioether (sulfide) groups is 1. The van der Waals surface area contributed by atoms with E-state index in [0.717, 1.165) is 37.7 Å². The highest BCUT2D eigenvalue weighted by Gasteiger charge is 2.18. The number of aromatic nitrogens is 1. The quantitative estimate of drug-likeness (QED) is 0.190. The van der Waals surface area contributed by atoms with Crippen molar-refractivity contribution in [2.45, 2.75) is 4.21 Å². The number of nitrogens with one attached hydrogen (secondary N) is 2. The van der Waals surface area contributed by atoms with Crippen LogP contribution in [-0.2, 0) is 4.74 Å². The zero-order valence-corrected chi connectivity index (χ0v) is 20.9. The minimum atomic E-state index is -0.320. The predicted octanol–water partition coefficient (Wildman–Crippen LogP) is 7.45. The van der Waals surface area contributed by atoms with Gasteiger partial charge in [0.2, 0.25) is 0 Å². The van der Waals surface area contributed by atoms with E-state index in [9.17, 15) is 4.79 Å². The van der Waals surface area contributed by atoms with Gasteiger partial charge in [0, 0.05) is 28.0 Å². The molecular formula is C22H20BrN3O2S3. The van der Waals surface area contributed by atoms with Crippen LogP contribution < -0.4 is 10.6 Å². The summed E-state index contributed by atoms with van der Waals surface area (Å²) in [6.45, 7) is 0. The van der Waals surface area contributed by atoms with Crippen molar-refractivity contribution >= 4 is 79.6 Å². The number of carbonyl (C=O) groups excluding carboxylic acids is 1. The molecule has 9 heteroatoms. The molecule has 2 N–H and O–H groups in total. The first-order valence-electron chi connectivity index (χ1n) is 9.07. The fraction of sp³-hybridized carbons (Fsp3) is 0.0909. The number of hydrogen-bond donors (Lipinski definition) is 2. The van der Waals surface area contributed by atoms with Crippen LogP contribution in [0.1, 0.15) is 9.67 Å². The Bertz CT molecular complexity index is 1140. The topological polar surface area (TPSA) is 63.2 Å². The largest absolute Gasteiger partial charge is 0.465 e. The van der Waals surface area contributed by atoms with E-state index in [1.807, 2.05) is 72.3 Å². The van der Waals surface area contributed by atoms with Crippen LogP contribution in [0, 0.1) is 0 Å². The fourth-order valence-electron chi connectivity index (χ4n) is 2.81. The SMILES string of the molecule is Br.COC(=O)c1cc(-c2csc(Nc3ccc(Nc4ccccc4)cc3)n2)c(SC)s1. The Balaban J connectivity index is 0.00000272. The first-order valence-corrected chi connectivity index (χ1v) is 12.0. The van der Waals surface area contributed by atoms with Crippen LogP contribution in [0.3, 0.4) is 0 Å². The molecule has 160 valence electrons. The number of nitrogens with zero attached hydrogens (tertiary/aromatic N) is 1. The summed E-state index contributed by atoms with van der Waals surface area (Å²) in [5.74, 6) is -0.320. The molecule has 0 bridgehead atoms. The molecule has 2 aromatic heterocycles. The van der Waals surface area contributed by atoms with Gasteiger partial charge in [0.1, 0.15) is 4.88 Å². The normalized spacial score (nSPS) is 10.3. The van der Waals surface area contributed by atoms with Crippen LogP contribution in [0.2, 0.25) is 0 Å². The number of thiophene rings is 1. The molecule has 0 aliphatic carbocycles. The Hall–Kier alpha value is -2.33. The highest BCUT2D eigenvalue weighted by atomic mass is 79.9. The highest BCUT2D eigenvalue weighted by molar-refractivity contribution is 8.93. The summed E-state index contributed by atoms with van der Waals surface area (Å²) < 4.78 is 5.89. The van der Waals surface area contributed by atoms with Gasteiger partial charge in [0.05, 0.1) is 17.0 Å². The first kappa shape index (κ1) is 23.3. The third-order valence-electron chi connectivity index (χ3n) is 4.25. The highest BCUT2D eigenvalue weighted by Crippen LogP contribution is 2.39. The number of methoxy groups -OCH3 is 1.